The predicted molar refractivity (Wildman–Crippen MR) is 68.7 cm³/mol. The van der Waals surface area contributed by atoms with E-state index in [1.165, 1.54) is 5.56 Å². The van der Waals surface area contributed by atoms with Gasteiger partial charge < -0.3 is 5.32 Å². The summed E-state index contributed by atoms with van der Waals surface area (Å²) < 4.78 is 1.94. The van der Waals surface area contributed by atoms with Crippen LogP contribution in [0, 0.1) is 5.92 Å². The highest BCUT2D eigenvalue weighted by Crippen LogP contribution is 2.07. The number of nitrogens with one attached hydrogen (secondary N) is 1. The van der Waals surface area contributed by atoms with Gasteiger partial charge in [-0.3, -0.25) is 4.68 Å². The van der Waals surface area contributed by atoms with Crippen LogP contribution in [0.3, 0.4) is 0 Å². The summed E-state index contributed by atoms with van der Waals surface area (Å²) >= 11 is 5.93. The first-order chi connectivity index (χ1) is 7.65. The number of aryl methyl sites for hydroxylation is 1. The molecule has 0 fully saturated rings. The number of hydrogen-bond donors (Lipinski definition) is 1. The molecule has 1 rings (SSSR count). The van der Waals surface area contributed by atoms with E-state index in [4.69, 9.17) is 11.6 Å². The Morgan fingerprint density at radius 1 is 1.50 bits per heavy atom. The highest BCUT2D eigenvalue weighted by atomic mass is 35.5. The maximum atomic E-state index is 5.93. The number of hydrogen-bond acceptors (Lipinski definition) is 2. The third-order valence-electron chi connectivity index (χ3n) is 2.55. The molecular formula is C12H22ClN3. The van der Waals surface area contributed by atoms with Crippen LogP contribution < -0.4 is 5.32 Å². The Labute approximate surface area is 103 Å². The third kappa shape index (κ3) is 4.54. The SMILES string of the molecule is CCn1cc(CNC(CCl)CC(C)C)cn1. The number of aromatic nitrogens is 2. The Hall–Kier alpha value is -0.540. The van der Waals surface area contributed by atoms with Crippen molar-refractivity contribution >= 4 is 11.6 Å². The van der Waals surface area contributed by atoms with E-state index in [0.717, 1.165) is 19.5 Å². The molecular weight excluding hydrogens is 222 g/mol. The standard InChI is InChI=1S/C12H22ClN3/c1-4-16-9-11(8-15-16)7-14-12(6-13)5-10(2)3/h8-10,12,14H,4-7H2,1-3H3. The Kier molecular flexibility index (Phi) is 5.85. The molecule has 0 amide bonds. The van der Waals surface area contributed by atoms with Gasteiger partial charge in [-0.05, 0) is 19.3 Å². The molecule has 0 saturated heterocycles. The average Bonchev–Trinajstić information content (AvgIpc) is 2.71. The van der Waals surface area contributed by atoms with Crippen LogP contribution in [0.15, 0.2) is 12.4 Å². The van der Waals surface area contributed by atoms with E-state index < -0.39 is 0 Å². The molecule has 1 N–H and O–H groups in total. The molecule has 1 aromatic heterocycles. The fraction of sp³-hybridized carbons (Fsp3) is 0.750. The zero-order valence-electron chi connectivity index (χ0n) is 10.4. The van der Waals surface area contributed by atoms with Crippen molar-refractivity contribution in [2.75, 3.05) is 5.88 Å². The van der Waals surface area contributed by atoms with Gasteiger partial charge in [-0.2, -0.15) is 5.10 Å². The molecule has 0 spiro atoms. The lowest BCUT2D eigenvalue weighted by atomic mass is 10.1. The van der Waals surface area contributed by atoms with Crippen molar-refractivity contribution in [3.8, 4) is 0 Å². The highest BCUT2D eigenvalue weighted by molar-refractivity contribution is 6.18. The van der Waals surface area contributed by atoms with Gasteiger partial charge in [-0.1, -0.05) is 13.8 Å². The predicted octanol–water partition coefficient (Wildman–Crippen LogP) is 2.65. The first-order valence-corrected chi connectivity index (χ1v) is 6.49. The minimum atomic E-state index is 0.395. The molecule has 0 aromatic carbocycles. The van der Waals surface area contributed by atoms with Crippen LogP contribution in [0.5, 0.6) is 0 Å². The first kappa shape index (κ1) is 13.5. The molecule has 0 bridgehead atoms. The number of rotatable bonds is 7. The maximum Gasteiger partial charge on any atom is 0.0534 e. The van der Waals surface area contributed by atoms with Crippen LogP contribution >= 0.6 is 11.6 Å². The van der Waals surface area contributed by atoms with E-state index in [9.17, 15) is 0 Å². The van der Waals surface area contributed by atoms with E-state index in [0.29, 0.717) is 17.8 Å². The van der Waals surface area contributed by atoms with Crippen molar-refractivity contribution in [2.24, 2.45) is 5.92 Å². The summed E-state index contributed by atoms with van der Waals surface area (Å²) in [4.78, 5) is 0. The van der Waals surface area contributed by atoms with E-state index in [1.807, 2.05) is 10.9 Å². The molecule has 0 saturated carbocycles. The average molecular weight is 244 g/mol. The van der Waals surface area contributed by atoms with E-state index in [2.05, 4.69) is 37.4 Å². The summed E-state index contributed by atoms with van der Waals surface area (Å²) in [5.74, 6) is 1.34. The molecule has 3 nitrogen and oxygen atoms in total. The molecule has 92 valence electrons. The Bertz CT molecular complexity index is 296. The van der Waals surface area contributed by atoms with Crippen LogP contribution in [-0.2, 0) is 13.1 Å². The van der Waals surface area contributed by atoms with Crippen LogP contribution in [0.1, 0.15) is 32.8 Å². The van der Waals surface area contributed by atoms with Gasteiger partial charge in [0.05, 0.1) is 6.20 Å². The van der Waals surface area contributed by atoms with Gasteiger partial charge in [0.1, 0.15) is 0 Å². The van der Waals surface area contributed by atoms with Gasteiger partial charge >= 0.3 is 0 Å². The Morgan fingerprint density at radius 2 is 2.25 bits per heavy atom. The van der Waals surface area contributed by atoms with Gasteiger partial charge in [-0.25, -0.2) is 0 Å². The second kappa shape index (κ2) is 6.92. The topological polar surface area (TPSA) is 29.9 Å². The second-order valence-corrected chi connectivity index (χ2v) is 4.87. The van der Waals surface area contributed by atoms with Crippen molar-refractivity contribution in [3.05, 3.63) is 18.0 Å². The molecule has 1 aromatic rings. The van der Waals surface area contributed by atoms with Crippen LogP contribution in [0.25, 0.3) is 0 Å². The Balaban J connectivity index is 2.36. The van der Waals surface area contributed by atoms with Crippen LogP contribution in [0.2, 0.25) is 0 Å². The minimum absolute atomic E-state index is 0.395. The lowest BCUT2D eigenvalue weighted by molar-refractivity contribution is 0.445. The zero-order chi connectivity index (χ0) is 12.0. The van der Waals surface area contributed by atoms with Gasteiger partial charge in [-0.15, -0.1) is 11.6 Å². The van der Waals surface area contributed by atoms with Gasteiger partial charge in [0.15, 0.2) is 0 Å². The molecule has 0 radical (unpaired) electrons. The monoisotopic (exact) mass is 243 g/mol. The third-order valence-corrected chi connectivity index (χ3v) is 2.92. The zero-order valence-corrected chi connectivity index (χ0v) is 11.2. The molecule has 0 aliphatic rings. The van der Waals surface area contributed by atoms with E-state index >= 15 is 0 Å². The summed E-state index contributed by atoms with van der Waals surface area (Å²) in [6.07, 6.45) is 5.11. The lowest BCUT2D eigenvalue weighted by Gasteiger charge is -2.17. The van der Waals surface area contributed by atoms with E-state index in [-0.39, 0.29) is 0 Å². The molecule has 4 heteroatoms. The summed E-state index contributed by atoms with van der Waals surface area (Å²) in [5, 5.41) is 7.71. The van der Waals surface area contributed by atoms with Gasteiger partial charge in [0, 0.05) is 36.8 Å². The fourth-order valence-corrected chi connectivity index (χ4v) is 1.94. The normalized spacial score (nSPS) is 13.3. The molecule has 0 aliphatic heterocycles. The molecule has 0 aliphatic carbocycles. The van der Waals surface area contributed by atoms with Crippen LogP contribution in [-0.4, -0.2) is 21.7 Å². The van der Waals surface area contributed by atoms with Gasteiger partial charge in [0.25, 0.3) is 0 Å². The van der Waals surface area contributed by atoms with Gasteiger partial charge in [0.2, 0.25) is 0 Å². The smallest absolute Gasteiger partial charge is 0.0534 e. The summed E-state index contributed by atoms with van der Waals surface area (Å²) in [7, 11) is 0. The summed E-state index contributed by atoms with van der Waals surface area (Å²) in [5.41, 5.74) is 1.22. The van der Waals surface area contributed by atoms with Crippen molar-refractivity contribution < 1.29 is 0 Å². The van der Waals surface area contributed by atoms with Crippen LogP contribution in [0.4, 0.5) is 0 Å². The number of nitrogens with zero attached hydrogens (tertiary/aromatic N) is 2. The first-order valence-electron chi connectivity index (χ1n) is 5.96. The van der Waals surface area contributed by atoms with Crippen molar-refractivity contribution in [1.82, 2.24) is 15.1 Å². The molecule has 16 heavy (non-hydrogen) atoms. The lowest BCUT2D eigenvalue weighted by Crippen LogP contribution is -2.31. The minimum Gasteiger partial charge on any atom is -0.309 e. The van der Waals surface area contributed by atoms with Crippen molar-refractivity contribution in [3.63, 3.8) is 0 Å². The number of alkyl halides is 1. The largest absolute Gasteiger partial charge is 0.309 e. The summed E-state index contributed by atoms with van der Waals surface area (Å²) in [6.45, 7) is 8.30. The quantitative estimate of drug-likeness (QED) is 0.747. The van der Waals surface area contributed by atoms with Crippen molar-refractivity contribution in [1.29, 1.82) is 0 Å². The molecule has 1 unspecified atom stereocenters. The fourth-order valence-electron chi connectivity index (χ4n) is 1.70. The maximum absolute atomic E-state index is 5.93. The molecule has 1 heterocycles. The number of halogens is 1. The van der Waals surface area contributed by atoms with E-state index in [1.54, 1.807) is 0 Å². The Morgan fingerprint density at radius 3 is 2.75 bits per heavy atom. The molecule has 1 atom stereocenters. The van der Waals surface area contributed by atoms with Crippen molar-refractivity contribution in [2.45, 2.75) is 46.3 Å². The highest BCUT2D eigenvalue weighted by Gasteiger charge is 2.09. The summed E-state index contributed by atoms with van der Waals surface area (Å²) in [6, 6.07) is 0.395. The second-order valence-electron chi connectivity index (χ2n) is 4.57.